The average Bonchev–Trinajstić information content (AvgIpc) is 3.44. The maximum absolute atomic E-state index is 12.7. The molecule has 0 aliphatic heterocycles. The van der Waals surface area contributed by atoms with Crippen LogP contribution >= 0.6 is 11.3 Å². The second-order valence-electron chi connectivity index (χ2n) is 8.51. The van der Waals surface area contributed by atoms with E-state index in [1.54, 1.807) is 47.3 Å². The van der Waals surface area contributed by atoms with Crippen LogP contribution < -0.4 is 16.0 Å². The summed E-state index contributed by atoms with van der Waals surface area (Å²) in [4.78, 5) is 53.1. The maximum atomic E-state index is 12.7. The molecule has 12 nitrogen and oxygen atoms in total. The molecule has 3 aromatic heterocycles. The van der Waals surface area contributed by atoms with Gasteiger partial charge in [0.1, 0.15) is 22.7 Å². The van der Waals surface area contributed by atoms with Crippen LogP contribution in [0, 0.1) is 0 Å². The average molecular weight is 503 g/mol. The third-order valence-corrected chi connectivity index (χ3v) is 5.26. The van der Waals surface area contributed by atoms with Crippen molar-refractivity contribution in [1.29, 1.82) is 0 Å². The molecule has 0 aliphatic carbocycles. The summed E-state index contributed by atoms with van der Waals surface area (Å²) in [5.41, 5.74) is 0.755. The Morgan fingerprint density at radius 1 is 0.914 bits per heavy atom. The Morgan fingerprint density at radius 3 is 2.14 bits per heavy atom. The van der Waals surface area contributed by atoms with Gasteiger partial charge in [-0.05, 0) is 32.9 Å². The van der Waals surface area contributed by atoms with Crippen molar-refractivity contribution in [2.24, 2.45) is 14.1 Å². The van der Waals surface area contributed by atoms with E-state index in [4.69, 9.17) is 9.47 Å². The molecule has 3 amide bonds. The van der Waals surface area contributed by atoms with Crippen molar-refractivity contribution in [3.63, 3.8) is 0 Å². The zero-order chi connectivity index (χ0) is 25.9. The van der Waals surface area contributed by atoms with E-state index < -0.39 is 29.5 Å². The van der Waals surface area contributed by atoms with Gasteiger partial charge in [-0.25, -0.2) is 14.6 Å². The molecule has 3 rings (SSSR count). The number of methoxy groups -OCH3 is 1. The highest BCUT2D eigenvalue weighted by molar-refractivity contribution is 7.14. The van der Waals surface area contributed by atoms with Gasteiger partial charge in [-0.1, -0.05) is 0 Å². The molecule has 35 heavy (non-hydrogen) atoms. The molecule has 0 spiro atoms. The maximum Gasteiger partial charge on any atom is 0.412 e. The van der Waals surface area contributed by atoms with E-state index in [9.17, 15) is 19.2 Å². The van der Waals surface area contributed by atoms with E-state index in [1.807, 2.05) is 0 Å². The number of hydrogen-bond donors (Lipinski definition) is 3. The van der Waals surface area contributed by atoms with Gasteiger partial charge in [-0.2, -0.15) is 0 Å². The quantitative estimate of drug-likeness (QED) is 0.438. The minimum Gasteiger partial charge on any atom is -0.464 e. The summed E-state index contributed by atoms with van der Waals surface area (Å²) >= 11 is 1.08. The Kier molecular flexibility index (Phi) is 7.29. The molecule has 0 saturated heterocycles. The second kappa shape index (κ2) is 10.0. The number of amides is 3. The molecule has 0 saturated carbocycles. The SMILES string of the molecule is COC(=O)c1cc(NC(=O)c2csc(NC(=O)c3cc(NC(=O)OC(C)(C)C)cn3C)n2)cn1C. The summed E-state index contributed by atoms with van der Waals surface area (Å²) in [6.07, 6.45) is 2.50. The fraction of sp³-hybridized carbons (Fsp3) is 0.318. The van der Waals surface area contributed by atoms with Crippen LogP contribution in [0.5, 0.6) is 0 Å². The minimum absolute atomic E-state index is 0.0907. The molecule has 3 aromatic rings. The predicted octanol–water partition coefficient (Wildman–Crippen LogP) is 3.46. The number of nitrogens with one attached hydrogen (secondary N) is 3. The molecule has 3 N–H and O–H groups in total. The number of thiazole rings is 1. The molecule has 0 fully saturated rings. The number of ether oxygens (including phenoxy) is 2. The highest BCUT2D eigenvalue weighted by Gasteiger charge is 2.20. The van der Waals surface area contributed by atoms with Crippen LogP contribution in [0.4, 0.5) is 21.3 Å². The van der Waals surface area contributed by atoms with E-state index in [0.717, 1.165) is 11.3 Å². The van der Waals surface area contributed by atoms with Gasteiger partial charge in [-0.3, -0.25) is 20.2 Å². The summed E-state index contributed by atoms with van der Waals surface area (Å²) in [5.74, 6) is -1.51. The number of carbonyl (C=O) groups excluding carboxylic acids is 4. The van der Waals surface area contributed by atoms with Crippen molar-refractivity contribution in [2.75, 3.05) is 23.1 Å². The molecule has 13 heteroatoms. The third kappa shape index (κ3) is 6.47. The van der Waals surface area contributed by atoms with E-state index in [-0.39, 0.29) is 22.2 Å². The van der Waals surface area contributed by atoms with Crippen molar-refractivity contribution >= 4 is 51.7 Å². The van der Waals surface area contributed by atoms with Crippen molar-refractivity contribution < 1.29 is 28.7 Å². The van der Waals surface area contributed by atoms with Gasteiger partial charge in [0.15, 0.2) is 5.13 Å². The van der Waals surface area contributed by atoms with E-state index in [2.05, 4.69) is 20.9 Å². The summed E-state index contributed by atoms with van der Waals surface area (Å²) in [7, 11) is 4.57. The first kappa shape index (κ1) is 25.5. The Hall–Kier alpha value is -4.13. The highest BCUT2D eigenvalue weighted by Crippen LogP contribution is 2.21. The first-order valence-electron chi connectivity index (χ1n) is 10.4. The van der Waals surface area contributed by atoms with Crippen LogP contribution in [0.3, 0.4) is 0 Å². The largest absolute Gasteiger partial charge is 0.464 e. The molecule has 0 atom stereocenters. The number of nitrogens with zero attached hydrogens (tertiary/aromatic N) is 3. The van der Waals surface area contributed by atoms with Gasteiger partial charge in [-0.15, -0.1) is 11.3 Å². The number of carbonyl (C=O) groups is 4. The smallest absolute Gasteiger partial charge is 0.412 e. The third-order valence-electron chi connectivity index (χ3n) is 4.50. The zero-order valence-electron chi connectivity index (χ0n) is 20.1. The second-order valence-corrected chi connectivity index (χ2v) is 9.37. The molecule has 3 heterocycles. The van der Waals surface area contributed by atoms with Crippen LogP contribution in [0.2, 0.25) is 0 Å². The van der Waals surface area contributed by atoms with Gasteiger partial charge in [0, 0.05) is 31.9 Å². The molecular weight excluding hydrogens is 476 g/mol. The lowest BCUT2D eigenvalue weighted by atomic mass is 10.2. The lowest BCUT2D eigenvalue weighted by Gasteiger charge is -2.19. The molecule has 0 radical (unpaired) electrons. The number of hydrogen-bond acceptors (Lipinski definition) is 8. The summed E-state index contributed by atoms with van der Waals surface area (Å²) in [5, 5.41) is 9.58. The van der Waals surface area contributed by atoms with Gasteiger partial charge in [0.2, 0.25) is 0 Å². The van der Waals surface area contributed by atoms with Crippen LogP contribution in [0.25, 0.3) is 0 Å². The lowest BCUT2D eigenvalue weighted by molar-refractivity contribution is 0.0587. The Morgan fingerprint density at radius 2 is 1.51 bits per heavy atom. The number of aromatic nitrogens is 3. The highest BCUT2D eigenvalue weighted by atomic mass is 32.1. The number of esters is 1. The van der Waals surface area contributed by atoms with Crippen molar-refractivity contribution in [3.8, 4) is 0 Å². The Balaban J connectivity index is 1.63. The minimum atomic E-state index is -0.655. The molecular formula is C22H26N6O6S. The zero-order valence-corrected chi connectivity index (χ0v) is 20.9. The molecule has 0 unspecified atom stereocenters. The summed E-state index contributed by atoms with van der Waals surface area (Å²) in [6.45, 7) is 5.25. The van der Waals surface area contributed by atoms with Crippen LogP contribution in [0.1, 0.15) is 52.2 Å². The van der Waals surface area contributed by atoms with Crippen LogP contribution in [-0.2, 0) is 23.6 Å². The van der Waals surface area contributed by atoms with E-state index >= 15 is 0 Å². The Bertz CT molecular complexity index is 1280. The van der Waals surface area contributed by atoms with Crippen molar-refractivity contribution in [2.45, 2.75) is 26.4 Å². The van der Waals surface area contributed by atoms with Crippen LogP contribution in [0.15, 0.2) is 29.9 Å². The van der Waals surface area contributed by atoms with Gasteiger partial charge >= 0.3 is 12.1 Å². The lowest BCUT2D eigenvalue weighted by Crippen LogP contribution is -2.27. The molecule has 0 aromatic carbocycles. The monoisotopic (exact) mass is 502 g/mol. The Labute approximate surface area is 205 Å². The van der Waals surface area contributed by atoms with Gasteiger partial charge < -0.3 is 23.9 Å². The first-order chi connectivity index (χ1) is 16.4. The van der Waals surface area contributed by atoms with Gasteiger partial charge in [0.05, 0.1) is 18.5 Å². The van der Waals surface area contributed by atoms with Crippen molar-refractivity contribution in [3.05, 3.63) is 47.0 Å². The number of anilines is 3. The fourth-order valence-corrected chi connectivity index (χ4v) is 3.70. The van der Waals surface area contributed by atoms with E-state index in [0.29, 0.717) is 11.4 Å². The summed E-state index contributed by atoms with van der Waals surface area (Å²) < 4.78 is 13.0. The van der Waals surface area contributed by atoms with Crippen LogP contribution in [-0.4, -0.2) is 50.7 Å². The summed E-state index contributed by atoms with van der Waals surface area (Å²) in [6, 6.07) is 2.98. The first-order valence-corrected chi connectivity index (χ1v) is 11.2. The molecule has 186 valence electrons. The topological polar surface area (TPSA) is 146 Å². The molecule has 0 aliphatic rings. The normalized spacial score (nSPS) is 11.0. The van der Waals surface area contributed by atoms with E-state index in [1.165, 1.54) is 33.8 Å². The number of aryl methyl sites for hydroxylation is 2. The fourth-order valence-electron chi connectivity index (χ4n) is 3.01. The predicted molar refractivity (Wildman–Crippen MR) is 130 cm³/mol. The molecule has 0 bridgehead atoms. The van der Waals surface area contributed by atoms with Crippen molar-refractivity contribution in [1.82, 2.24) is 14.1 Å². The number of rotatable bonds is 6. The van der Waals surface area contributed by atoms with Gasteiger partial charge in [0.25, 0.3) is 11.8 Å². The standard InChI is InChI=1S/C22H26N6O6S/c1-22(2,3)34-21(32)24-13-7-15(27(4)10-13)18(30)26-20-25-14(11-35-20)17(29)23-12-8-16(19(31)33-6)28(5)9-12/h7-11H,1-6H3,(H,23,29)(H,24,32)(H,25,26,30).